The molecule has 0 saturated carbocycles. The van der Waals surface area contributed by atoms with Crippen molar-refractivity contribution >= 4 is 23.5 Å². The maximum absolute atomic E-state index is 12.9. The highest BCUT2D eigenvalue weighted by Gasteiger charge is 2.30. The summed E-state index contributed by atoms with van der Waals surface area (Å²) in [4.78, 5) is 49.1. The summed E-state index contributed by atoms with van der Waals surface area (Å²) >= 11 is 0. The average molecular weight is 424 g/mol. The standard InChI is InChI=1S/C24H29N3O4/c1-16(2)21(27-20(28)14-13-17-9-5-3-6-10-17)24(31)26-19(22(29)23(25)30)15-18-11-7-4-8-12-18/h3-12,16,19,21H,13-15H2,1-2H3,(H2,25,30)(H,26,31)(H,27,28)/t19?,21-/m0/s1. The number of aryl methyl sites for hydroxylation is 1. The van der Waals surface area contributed by atoms with Crippen molar-refractivity contribution in [2.75, 3.05) is 0 Å². The Morgan fingerprint density at radius 1 is 0.839 bits per heavy atom. The van der Waals surface area contributed by atoms with Gasteiger partial charge in [-0.1, -0.05) is 74.5 Å². The third-order valence-electron chi connectivity index (χ3n) is 4.91. The smallest absolute Gasteiger partial charge is 0.287 e. The Balaban J connectivity index is 2.04. The number of hydrogen-bond acceptors (Lipinski definition) is 4. The summed E-state index contributed by atoms with van der Waals surface area (Å²) in [5.41, 5.74) is 6.97. The van der Waals surface area contributed by atoms with Crippen LogP contribution in [-0.2, 0) is 32.0 Å². The van der Waals surface area contributed by atoms with Gasteiger partial charge in [0, 0.05) is 12.8 Å². The first kappa shape index (κ1) is 23.8. The zero-order chi connectivity index (χ0) is 22.8. The van der Waals surface area contributed by atoms with Crippen LogP contribution >= 0.6 is 0 Å². The molecule has 2 aromatic carbocycles. The molecule has 7 nitrogen and oxygen atoms in total. The van der Waals surface area contributed by atoms with Crippen LogP contribution in [0.2, 0.25) is 0 Å². The monoisotopic (exact) mass is 423 g/mol. The Bertz CT molecular complexity index is 898. The van der Waals surface area contributed by atoms with Gasteiger partial charge in [-0.25, -0.2) is 0 Å². The van der Waals surface area contributed by atoms with E-state index in [0.29, 0.717) is 6.42 Å². The third-order valence-corrected chi connectivity index (χ3v) is 4.91. The summed E-state index contributed by atoms with van der Waals surface area (Å²) in [5.74, 6) is -3.01. The fourth-order valence-electron chi connectivity index (χ4n) is 3.18. The molecule has 31 heavy (non-hydrogen) atoms. The third kappa shape index (κ3) is 7.70. The highest BCUT2D eigenvalue weighted by atomic mass is 16.2. The summed E-state index contributed by atoms with van der Waals surface area (Å²) in [5, 5.41) is 5.35. The molecule has 7 heteroatoms. The van der Waals surface area contributed by atoms with E-state index in [2.05, 4.69) is 10.6 Å². The predicted octanol–water partition coefficient (Wildman–Crippen LogP) is 1.54. The molecule has 164 valence electrons. The summed E-state index contributed by atoms with van der Waals surface area (Å²) in [7, 11) is 0. The van der Waals surface area contributed by atoms with Crippen molar-refractivity contribution < 1.29 is 19.2 Å². The molecule has 2 rings (SSSR count). The van der Waals surface area contributed by atoms with Gasteiger partial charge in [-0.2, -0.15) is 0 Å². The molecule has 2 atom stereocenters. The Morgan fingerprint density at radius 3 is 1.90 bits per heavy atom. The number of ketones is 1. The molecule has 0 radical (unpaired) electrons. The van der Waals surface area contributed by atoms with Crippen molar-refractivity contribution in [3.63, 3.8) is 0 Å². The van der Waals surface area contributed by atoms with Crippen LogP contribution in [0.3, 0.4) is 0 Å². The zero-order valence-electron chi connectivity index (χ0n) is 17.8. The van der Waals surface area contributed by atoms with Gasteiger partial charge in [-0.05, 0) is 23.5 Å². The molecule has 0 heterocycles. The van der Waals surface area contributed by atoms with Crippen molar-refractivity contribution in [3.05, 3.63) is 71.8 Å². The zero-order valence-corrected chi connectivity index (χ0v) is 17.8. The molecule has 0 bridgehead atoms. The Morgan fingerprint density at radius 2 is 1.39 bits per heavy atom. The van der Waals surface area contributed by atoms with Crippen LogP contribution in [0.25, 0.3) is 0 Å². The van der Waals surface area contributed by atoms with Crippen LogP contribution in [-0.4, -0.2) is 35.6 Å². The second kappa shape index (κ2) is 11.6. The molecule has 2 aromatic rings. The molecule has 0 aliphatic carbocycles. The summed E-state index contributed by atoms with van der Waals surface area (Å²) in [6, 6.07) is 16.6. The van der Waals surface area contributed by atoms with Gasteiger partial charge >= 0.3 is 0 Å². The minimum atomic E-state index is -1.12. The van der Waals surface area contributed by atoms with Crippen molar-refractivity contribution in [1.82, 2.24) is 10.6 Å². The van der Waals surface area contributed by atoms with Gasteiger partial charge in [0.05, 0.1) is 0 Å². The van der Waals surface area contributed by atoms with E-state index in [1.807, 2.05) is 36.4 Å². The van der Waals surface area contributed by atoms with Crippen LogP contribution in [0.5, 0.6) is 0 Å². The lowest BCUT2D eigenvalue weighted by Gasteiger charge is -2.25. The predicted molar refractivity (Wildman–Crippen MR) is 118 cm³/mol. The van der Waals surface area contributed by atoms with Crippen molar-refractivity contribution in [1.29, 1.82) is 0 Å². The first-order valence-electron chi connectivity index (χ1n) is 10.3. The number of amides is 3. The SMILES string of the molecule is CC(C)[C@H](NC(=O)CCc1ccccc1)C(=O)NC(Cc1ccccc1)C(=O)C(N)=O. The number of carbonyl (C=O) groups excluding carboxylic acids is 4. The van der Waals surface area contributed by atoms with E-state index in [1.54, 1.807) is 38.1 Å². The van der Waals surface area contributed by atoms with E-state index >= 15 is 0 Å². The van der Waals surface area contributed by atoms with Gasteiger partial charge in [0.15, 0.2) is 0 Å². The second-order valence-corrected chi connectivity index (χ2v) is 7.75. The van der Waals surface area contributed by atoms with E-state index in [0.717, 1.165) is 11.1 Å². The van der Waals surface area contributed by atoms with Crippen molar-refractivity contribution in [3.8, 4) is 0 Å². The molecule has 4 N–H and O–H groups in total. The minimum Gasteiger partial charge on any atom is -0.363 e. The number of nitrogens with two attached hydrogens (primary N) is 1. The molecule has 0 aromatic heterocycles. The van der Waals surface area contributed by atoms with Crippen molar-refractivity contribution in [2.45, 2.75) is 45.2 Å². The second-order valence-electron chi connectivity index (χ2n) is 7.75. The molecular formula is C24H29N3O4. The maximum atomic E-state index is 12.9. The van der Waals surface area contributed by atoms with E-state index in [1.165, 1.54) is 0 Å². The van der Waals surface area contributed by atoms with Crippen LogP contribution in [0.15, 0.2) is 60.7 Å². The van der Waals surface area contributed by atoms with E-state index in [4.69, 9.17) is 5.73 Å². The molecule has 3 amide bonds. The van der Waals surface area contributed by atoms with Crippen LogP contribution in [0.1, 0.15) is 31.4 Å². The number of primary amides is 1. The molecular weight excluding hydrogens is 394 g/mol. The highest BCUT2D eigenvalue weighted by Crippen LogP contribution is 2.08. The van der Waals surface area contributed by atoms with Gasteiger partial charge in [-0.15, -0.1) is 0 Å². The van der Waals surface area contributed by atoms with Gasteiger partial charge < -0.3 is 16.4 Å². The largest absolute Gasteiger partial charge is 0.363 e. The number of nitrogens with one attached hydrogen (secondary N) is 2. The molecule has 0 fully saturated rings. The van der Waals surface area contributed by atoms with E-state index in [9.17, 15) is 19.2 Å². The number of rotatable bonds is 11. The molecule has 0 aliphatic heterocycles. The van der Waals surface area contributed by atoms with Gasteiger partial charge in [0.2, 0.25) is 17.6 Å². The maximum Gasteiger partial charge on any atom is 0.287 e. The Labute approximate surface area is 182 Å². The molecule has 0 spiro atoms. The van der Waals surface area contributed by atoms with Crippen molar-refractivity contribution in [2.24, 2.45) is 11.7 Å². The Kier molecular flexibility index (Phi) is 8.94. The number of carbonyl (C=O) groups is 4. The first-order chi connectivity index (χ1) is 14.8. The van der Waals surface area contributed by atoms with E-state index in [-0.39, 0.29) is 24.7 Å². The van der Waals surface area contributed by atoms with Crippen LogP contribution in [0, 0.1) is 5.92 Å². The average Bonchev–Trinajstić information content (AvgIpc) is 2.76. The Hall–Kier alpha value is -3.48. The highest BCUT2D eigenvalue weighted by molar-refractivity contribution is 6.37. The topological polar surface area (TPSA) is 118 Å². The minimum absolute atomic E-state index is 0.126. The lowest BCUT2D eigenvalue weighted by Crippen LogP contribution is -2.55. The summed E-state index contributed by atoms with van der Waals surface area (Å²) in [6.07, 6.45) is 0.908. The normalized spacial score (nSPS) is 12.6. The number of benzene rings is 2. The molecule has 1 unspecified atom stereocenters. The quantitative estimate of drug-likeness (QED) is 0.475. The fraction of sp³-hybridized carbons (Fsp3) is 0.333. The number of hydrogen-bond donors (Lipinski definition) is 3. The number of Topliss-reactive ketones (excluding diaryl/α,β-unsaturated/α-hetero) is 1. The first-order valence-corrected chi connectivity index (χ1v) is 10.3. The summed E-state index contributed by atoms with van der Waals surface area (Å²) < 4.78 is 0. The van der Waals surface area contributed by atoms with Crippen LogP contribution in [0.4, 0.5) is 0 Å². The van der Waals surface area contributed by atoms with E-state index < -0.39 is 29.7 Å². The molecule has 0 aliphatic rings. The summed E-state index contributed by atoms with van der Waals surface area (Å²) in [6.45, 7) is 3.59. The lowest BCUT2D eigenvalue weighted by atomic mass is 9.99. The van der Waals surface area contributed by atoms with Crippen LogP contribution < -0.4 is 16.4 Å². The lowest BCUT2D eigenvalue weighted by molar-refractivity contribution is -0.139. The van der Waals surface area contributed by atoms with Gasteiger partial charge in [-0.3, -0.25) is 19.2 Å². The van der Waals surface area contributed by atoms with Gasteiger partial charge in [0.25, 0.3) is 5.91 Å². The molecule has 0 saturated heterocycles. The fourth-order valence-corrected chi connectivity index (χ4v) is 3.18. The van der Waals surface area contributed by atoms with Gasteiger partial charge in [0.1, 0.15) is 12.1 Å².